The van der Waals surface area contributed by atoms with E-state index in [0.29, 0.717) is 16.5 Å². The van der Waals surface area contributed by atoms with Crippen molar-refractivity contribution in [1.29, 1.82) is 0 Å². The van der Waals surface area contributed by atoms with E-state index in [2.05, 4.69) is 4.98 Å². The van der Waals surface area contributed by atoms with Crippen molar-refractivity contribution in [3.05, 3.63) is 47.4 Å². The summed E-state index contributed by atoms with van der Waals surface area (Å²) in [5, 5.41) is 0.577. The van der Waals surface area contributed by atoms with Crippen molar-refractivity contribution in [2.75, 3.05) is 0 Å². The van der Waals surface area contributed by atoms with Crippen LogP contribution >= 0.6 is 11.6 Å². The van der Waals surface area contributed by atoms with Crippen LogP contribution in [0.2, 0.25) is 5.02 Å². The maximum Gasteiger partial charge on any atom is 0.166 e. The predicted octanol–water partition coefficient (Wildman–Crippen LogP) is 2.34. The summed E-state index contributed by atoms with van der Waals surface area (Å²) in [7, 11) is 0. The van der Waals surface area contributed by atoms with Gasteiger partial charge in [0.05, 0.1) is 10.7 Å². The van der Waals surface area contributed by atoms with Crippen LogP contribution in [0.1, 0.15) is 10.5 Å². The molecule has 70 valence electrons. The molecular weight excluding hydrogens is 200 g/mol. The molecule has 4 heteroatoms. The quantitative estimate of drug-likeness (QED) is 0.707. The minimum Gasteiger partial charge on any atom is -0.299 e. The number of pyridine rings is 1. The number of hydrogen-bond acceptors (Lipinski definition) is 2. The Balaban J connectivity index is 2.49. The molecule has 0 saturated carbocycles. The third-order valence-electron chi connectivity index (χ3n) is 1.86. The SMILES string of the molecule is O=Cc1cccn1-c1ccc(Cl)cn1. The minimum atomic E-state index is 0.569. The van der Waals surface area contributed by atoms with Crippen LogP contribution in [0.5, 0.6) is 0 Å². The van der Waals surface area contributed by atoms with Crippen LogP contribution in [-0.2, 0) is 0 Å². The Morgan fingerprint density at radius 1 is 1.36 bits per heavy atom. The Kier molecular flexibility index (Phi) is 2.33. The molecule has 2 heterocycles. The van der Waals surface area contributed by atoms with Crippen molar-refractivity contribution < 1.29 is 4.79 Å². The highest BCUT2D eigenvalue weighted by Crippen LogP contribution is 2.11. The summed E-state index contributed by atoms with van der Waals surface area (Å²) in [4.78, 5) is 14.8. The molecule has 0 aliphatic carbocycles. The number of carbonyl (C=O) groups is 1. The molecule has 0 spiro atoms. The summed E-state index contributed by atoms with van der Waals surface area (Å²) in [5.74, 6) is 0.682. The molecule has 14 heavy (non-hydrogen) atoms. The topological polar surface area (TPSA) is 34.9 Å². The Hall–Kier alpha value is -1.61. The van der Waals surface area contributed by atoms with Crippen molar-refractivity contribution in [2.45, 2.75) is 0 Å². The first-order valence-corrected chi connectivity index (χ1v) is 4.43. The van der Waals surface area contributed by atoms with Gasteiger partial charge in [0.25, 0.3) is 0 Å². The average Bonchev–Trinajstić information content (AvgIpc) is 2.67. The molecule has 3 nitrogen and oxygen atoms in total. The molecular formula is C10H7ClN2O. The molecule has 0 amide bonds. The Labute approximate surface area is 86.0 Å². The van der Waals surface area contributed by atoms with Gasteiger partial charge in [-0.3, -0.25) is 9.36 Å². The van der Waals surface area contributed by atoms with E-state index in [1.54, 1.807) is 41.2 Å². The third kappa shape index (κ3) is 1.54. The van der Waals surface area contributed by atoms with Gasteiger partial charge in [-0.25, -0.2) is 4.98 Å². The predicted molar refractivity (Wildman–Crippen MR) is 54.0 cm³/mol. The third-order valence-corrected chi connectivity index (χ3v) is 2.08. The highest BCUT2D eigenvalue weighted by atomic mass is 35.5. The molecule has 2 rings (SSSR count). The Morgan fingerprint density at radius 3 is 2.86 bits per heavy atom. The standard InChI is InChI=1S/C10H7ClN2O/c11-8-3-4-10(12-6-8)13-5-1-2-9(13)7-14/h1-7H. The van der Waals surface area contributed by atoms with E-state index in [1.165, 1.54) is 0 Å². The van der Waals surface area contributed by atoms with Gasteiger partial charge >= 0.3 is 0 Å². The average molecular weight is 207 g/mol. The van der Waals surface area contributed by atoms with E-state index >= 15 is 0 Å². The lowest BCUT2D eigenvalue weighted by atomic mass is 10.4. The second-order valence-corrected chi connectivity index (χ2v) is 3.19. The normalized spacial score (nSPS) is 10.1. The largest absolute Gasteiger partial charge is 0.299 e. The van der Waals surface area contributed by atoms with Crippen molar-refractivity contribution in [2.24, 2.45) is 0 Å². The summed E-state index contributed by atoms with van der Waals surface area (Å²) >= 11 is 5.71. The summed E-state index contributed by atoms with van der Waals surface area (Å²) in [5.41, 5.74) is 0.569. The molecule has 0 aliphatic heterocycles. The zero-order valence-electron chi connectivity index (χ0n) is 7.22. The number of halogens is 1. The van der Waals surface area contributed by atoms with Crippen LogP contribution in [0.4, 0.5) is 0 Å². The lowest BCUT2D eigenvalue weighted by Gasteiger charge is -2.03. The number of nitrogens with zero attached hydrogens (tertiary/aromatic N) is 2. The van der Waals surface area contributed by atoms with Crippen molar-refractivity contribution in [1.82, 2.24) is 9.55 Å². The lowest BCUT2D eigenvalue weighted by Crippen LogP contribution is -1.99. The number of rotatable bonds is 2. The smallest absolute Gasteiger partial charge is 0.166 e. The van der Waals surface area contributed by atoms with Crippen molar-refractivity contribution in [3.63, 3.8) is 0 Å². The maximum atomic E-state index is 10.7. The molecule has 2 aromatic rings. The highest BCUT2D eigenvalue weighted by Gasteiger charge is 2.02. The zero-order valence-corrected chi connectivity index (χ0v) is 7.98. The molecule has 0 aromatic carbocycles. The summed E-state index contributed by atoms with van der Waals surface area (Å²) in [6, 6.07) is 7.01. The molecule has 0 N–H and O–H groups in total. The van der Waals surface area contributed by atoms with E-state index in [4.69, 9.17) is 11.6 Å². The minimum absolute atomic E-state index is 0.569. The number of aldehydes is 1. The molecule has 0 fully saturated rings. The Bertz CT molecular complexity index is 447. The number of hydrogen-bond donors (Lipinski definition) is 0. The van der Waals surface area contributed by atoms with Gasteiger partial charge in [0.1, 0.15) is 5.82 Å². The van der Waals surface area contributed by atoms with Gasteiger partial charge in [0.15, 0.2) is 6.29 Å². The van der Waals surface area contributed by atoms with Crippen molar-refractivity contribution >= 4 is 17.9 Å². The summed E-state index contributed by atoms with van der Waals surface area (Å²) in [6.45, 7) is 0. The zero-order chi connectivity index (χ0) is 9.97. The molecule has 0 bridgehead atoms. The summed E-state index contributed by atoms with van der Waals surface area (Å²) in [6.07, 6.45) is 4.11. The summed E-state index contributed by atoms with van der Waals surface area (Å²) < 4.78 is 1.70. The van der Waals surface area contributed by atoms with E-state index < -0.39 is 0 Å². The lowest BCUT2D eigenvalue weighted by molar-refractivity contribution is 0.111. The molecule has 2 aromatic heterocycles. The van der Waals surface area contributed by atoms with Crippen LogP contribution in [0.25, 0.3) is 5.82 Å². The van der Waals surface area contributed by atoms with E-state index in [9.17, 15) is 4.79 Å². The van der Waals surface area contributed by atoms with E-state index in [0.717, 1.165) is 6.29 Å². The molecule has 0 atom stereocenters. The van der Waals surface area contributed by atoms with Gasteiger partial charge in [-0.1, -0.05) is 11.6 Å². The van der Waals surface area contributed by atoms with Crippen LogP contribution in [0, 0.1) is 0 Å². The van der Waals surface area contributed by atoms with Crippen molar-refractivity contribution in [3.8, 4) is 5.82 Å². The van der Waals surface area contributed by atoms with E-state index in [1.807, 2.05) is 0 Å². The van der Waals surface area contributed by atoms with Gasteiger partial charge in [-0.15, -0.1) is 0 Å². The van der Waals surface area contributed by atoms with Crippen LogP contribution < -0.4 is 0 Å². The number of aromatic nitrogens is 2. The van der Waals surface area contributed by atoms with Gasteiger partial charge in [-0.05, 0) is 24.3 Å². The number of carbonyl (C=O) groups excluding carboxylic acids is 1. The monoisotopic (exact) mass is 206 g/mol. The van der Waals surface area contributed by atoms with Crippen LogP contribution in [0.15, 0.2) is 36.7 Å². The first-order chi connectivity index (χ1) is 6.81. The van der Waals surface area contributed by atoms with Crippen LogP contribution in [0.3, 0.4) is 0 Å². The Morgan fingerprint density at radius 2 is 2.21 bits per heavy atom. The molecule has 0 unspecified atom stereocenters. The first-order valence-electron chi connectivity index (χ1n) is 4.06. The highest BCUT2D eigenvalue weighted by molar-refractivity contribution is 6.30. The fourth-order valence-electron chi connectivity index (χ4n) is 1.21. The van der Waals surface area contributed by atoms with Gasteiger partial charge < -0.3 is 0 Å². The van der Waals surface area contributed by atoms with Gasteiger partial charge in [0.2, 0.25) is 0 Å². The second-order valence-electron chi connectivity index (χ2n) is 2.76. The van der Waals surface area contributed by atoms with E-state index in [-0.39, 0.29) is 0 Å². The first kappa shape index (κ1) is 8.97. The molecule has 0 saturated heterocycles. The van der Waals surface area contributed by atoms with Gasteiger partial charge in [0, 0.05) is 12.4 Å². The van der Waals surface area contributed by atoms with Crippen LogP contribution in [-0.4, -0.2) is 15.8 Å². The fourth-order valence-corrected chi connectivity index (χ4v) is 1.32. The second kappa shape index (κ2) is 3.64. The fraction of sp³-hybridized carbons (Fsp3) is 0. The molecule has 0 aliphatic rings. The van der Waals surface area contributed by atoms with Gasteiger partial charge in [-0.2, -0.15) is 0 Å². The molecule has 0 radical (unpaired) electrons. The maximum absolute atomic E-state index is 10.7.